The molecular formula is C15H23N3O3. The van der Waals surface area contributed by atoms with Crippen LogP contribution < -0.4 is 0 Å². The van der Waals surface area contributed by atoms with Crippen molar-refractivity contribution in [2.45, 2.75) is 50.8 Å². The molecule has 6 heteroatoms. The second kappa shape index (κ2) is 5.77. The summed E-state index contributed by atoms with van der Waals surface area (Å²) in [5, 5.41) is 22.9. The molecule has 1 aliphatic carbocycles. The second-order valence-electron chi connectivity index (χ2n) is 6.36. The number of carboxylic acids is 1. The smallest absolute Gasteiger partial charge is 0.356 e. The van der Waals surface area contributed by atoms with Gasteiger partial charge in [-0.2, -0.15) is 5.10 Å². The summed E-state index contributed by atoms with van der Waals surface area (Å²) in [5.74, 6) is -0.399. The molecule has 3 unspecified atom stereocenters. The molecular weight excluding hydrogens is 270 g/mol. The van der Waals surface area contributed by atoms with Crippen LogP contribution in [0.3, 0.4) is 0 Å². The van der Waals surface area contributed by atoms with Gasteiger partial charge in [0, 0.05) is 19.6 Å². The minimum atomic E-state index is -0.978. The Bertz CT molecular complexity index is 528. The molecule has 1 saturated carbocycles. The van der Waals surface area contributed by atoms with Gasteiger partial charge >= 0.3 is 5.97 Å². The quantitative estimate of drug-likeness (QED) is 0.876. The fourth-order valence-corrected chi connectivity index (χ4v) is 3.90. The number of aliphatic hydroxyl groups excluding tert-OH is 1. The lowest BCUT2D eigenvalue weighted by molar-refractivity contribution is 0.000384. The first kappa shape index (κ1) is 14.5. The van der Waals surface area contributed by atoms with E-state index in [-0.39, 0.29) is 11.8 Å². The Hall–Kier alpha value is -1.40. The van der Waals surface area contributed by atoms with Gasteiger partial charge in [0.15, 0.2) is 5.69 Å². The average Bonchev–Trinajstić information content (AvgIpc) is 2.80. The van der Waals surface area contributed by atoms with E-state index in [0.717, 1.165) is 44.5 Å². The van der Waals surface area contributed by atoms with Crippen molar-refractivity contribution < 1.29 is 15.0 Å². The van der Waals surface area contributed by atoms with Crippen LogP contribution in [0.1, 0.15) is 48.3 Å². The zero-order valence-corrected chi connectivity index (χ0v) is 12.4. The van der Waals surface area contributed by atoms with Gasteiger partial charge in [-0.3, -0.25) is 9.58 Å². The minimum absolute atomic E-state index is 0.111. The number of carboxylic acid groups (broad SMARTS) is 1. The third-order valence-corrected chi connectivity index (χ3v) is 4.96. The Kier molecular flexibility index (Phi) is 3.99. The Labute approximate surface area is 124 Å². The number of nitrogens with zero attached hydrogens (tertiary/aromatic N) is 3. The van der Waals surface area contributed by atoms with Crippen molar-refractivity contribution in [3.8, 4) is 0 Å². The maximum atomic E-state index is 11.0. The van der Waals surface area contributed by atoms with E-state index in [9.17, 15) is 9.90 Å². The highest BCUT2D eigenvalue weighted by Crippen LogP contribution is 2.36. The normalized spacial score (nSPS) is 30.1. The van der Waals surface area contributed by atoms with Crippen LogP contribution >= 0.6 is 0 Å². The lowest BCUT2D eigenvalue weighted by Crippen LogP contribution is -2.48. The SMILES string of the molecule is Cn1nc(C(=O)O)cc1CN1CCCC2CC(O)CCC21. The molecule has 6 nitrogen and oxygen atoms in total. The van der Waals surface area contributed by atoms with E-state index in [0.29, 0.717) is 12.0 Å². The van der Waals surface area contributed by atoms with Gasteiger partial charge in [0.25, 0.3) is 0 Å². The third kappa shape index (κ3) is 2.96. The van der Waals surface area contributed by atoms with Gasteiger partial charge in [0.2, 0.25) is 0 Å². The summed E-state index contributed by atoms with van der Waals surface area (Å²) in [6, 6.07) is 2.19. The van der Waals surface area contributed by atoms with Crippen molar-refractivity contribution >= 4 is 5.97 Å². The van der Waals surface area contributed by atoms with Crippen LogP contribution in [0.25, 0.3) is 0 Å². The Morgan fingerprint density at radius 3 is 2.95 bits per heavy atom. The van der Waals surface area contributed by atoms with Gasteiger partial charge < -0.3 is 10.2 Å². The highest BCUT2D eigenvalue weighted by atomic mass is 16.4. The number of carbonyl (C=O) groups is 1. The first-order valence-corrected chi connectivity index (χ1v) is 7.73. The molecule has 0 aromatic carbocycles. The predicted molar refractivity (Wildman–Crippen MR) is 76.9 cm³/mol. The molecule has 0 spiro atoms. The van der Waals surface area contributed by atoms with Crippen LogP contribution in [-0.2, 0) is 13.6 Å². The molecule has 21 heavy (non-hydrogen) atoms. The van der Waals surface area contributed by atoms with E-state index in [4.69, 9.17) is 5.11 Å². The van der Waals surface area contributed by atoms with Crippen LogP contribution in [0, 0.1) is 5.92 Å². The highest BCUT2D eigenvalue weighted by molar-refractivity contribution is 5.85. The number of aryl methyl sites for hydroxylation is 1. The first-order chi connectivity index (χ1) is 10.0. The van der Waals surface area contributed by atoms with Crippen LogP contribution in [0.2, 0.25) is 0 Å². The summed E-state index contributed by atoms with van der Waals surface area (Å²) >= 11 is 0. The maximum absolute atomic E-state index is 11.0. The van der Waals surface area contributed by atoms with Crippen LogP contribution in [0.5, 0.6) is 0 Å². The fraction of sp³-hybridized carbons (Fsp3) is 0.733. The van der Waals surface area contributed by atoms with Gasteiger partial charge in [0.05, 0.1) is 11.8 Å². The lowest BCUT2D eigenvalue weighted by atomic mass is 9.77. The molecule has 0 amide bonds. The number of fused-ring (bicyclic) bond motifs is 1. The standard InChI is InChI=1S/C15H23N3O3/c1-17-11(8-13(16-17)15(20)21)9-18-6-2-3-10-7-12(19)4-5-14(10)18/h8,10,12,14,19H,2-7,9H2,1H3,(H,20,21). The predicted octanol–water partition coefficient (Wildman–Crippen LogP) is 1.24. The summed E-state index contributed by atoms with van der Waals surface area (Å²) in [6.45, 7) is 1.79. The van der Waals surface area contributed by atoms with Gasteiger partial charge in [-0.15, -0.1) is 0 Å². The van der Waals surface area contributed by atoms with Crippen molar-refractivity contribution in [3.05, 3.63) is 17.5 Å². The third-order valence-electron chi connectivity index (χ3n) is 4.96. The Morgan fingerprint density at radius 2 is 2.24 bits per heavy atom. The fourth-order valence-electron chi connectivity index (χ4n) is 3.90. The summed E-state index contributed by atoms with van der Waals surface area (Å²) in [7, 11) is 1.80. The molecule has 0 radical (unpaired) electrons. The Morgan fingerprint density at radius 1 is 1.43 bits per heavy atom. The molecule has 116 valence electrons. The molecule has 1 aliphatic heterocycles. The van der Waals surface area contributed by atoms with E-state index < -0.39 is 5.97 Å². The molecule has 3 rings (SSSR count). The van der Waals surface area contributed by atoms with Gasteiger partial charge in [-0.05, 0) is 50.6 Å². The number of piperidine rings is 1. The van der Waals surface area contributed by atoms with Gasteiger partial charge in [-0.25, -0.2) is 4.79 Å². The highest BCUT2D eigenvalue weighted by Gasteiger charge is 2.36. The number of rotatable bonds is 3. The molecule has 2 aliphatic rings. The summed E-state index contributed by atoms with van der Waals surface area (Å²) in [6.07, 6.45) is 5.04. The summed E-state index contributed by atoms with van der Waals surface area (Å²) < 4.78 is 1.67. The van der Waals surface area contributed by atoms with E-state index >= 15 is 0 Å². The van der Waals surface area contributed by atoms with Crippen molar-refractivity contribution in [1.82, 2.24) is 14.7 Å². The monoisotopic (exact) mass is 293 g/mol. The van der Waals surface area contributed by atoms with Crippen LogP contribution in [0.15, 0.2) is 6.07 Å². The van der Waals surface area contributed by atoms with Crippen molar-refractivity contribution in [3.63, 3.8) is 0 Å². The number of likely N-dealkylation sites (tertiary alicyclic amines) is 1. The first-order valence-electron chi connectivity index (χ1n) is 7.73. The zero-order chi connectivity index (χ0) is 15.0. The number of aliphatic hydroxyl groups is 1. The van der Waals surface area contributed by atoms with E-state index in [1.165, 1.54) is 6.42 Å². The van der Waals surface area contributed by atoms with Crippen LogP contribution in [0.4, 0.5) is 0 Å². The molecule has 1 aromatic heterocycles. The molecule has 1 aromatic rings. The summed E-state index contributed by atoms with van der Waals surface area (Å²) in [5.41, 5.74) is 1.05. The number of hydrogen-bond donors (Lipinski definition) is 2. The van der Waals surface area contributed by atoms with E-state index in [2.05, 4.69) is 10.00 Å². The van der Waals surface area contributed by atoms with Crippen molar-refractivity contribution in [2.24, 2.45) is 13.0 Å². The van der Waals surface area contributed by atoms with E-state index in [1.54, 1.807) is 17.8 Å². The maximum Gasteiger partial charge on any atom is 0.356 e. The van der Waals surface area contributed by atoms with Crippen molar-refractivity contribution in [1.29, 1.82) is 0 Å². The molecule has 2 fully saturated rings. The number of hydrogen-bond acceptors (Lipinski definition) is 4. The van der Waals surface area contributed by atoms with Gasteiger partial charge in [-0.1, -0.05) is 0 Å². The molecule has 2 N–H and O–H groups in total. The average molecular weight is 293 g/mol. The molecule has 2 heterocycles. The number of aromatic carboxylic acids is 1. The van der Waals surface area contributed by atoms with E-state index in [1.807, 2.05) is 0 Å². The molecule has 1 saturated heterocycles. The summed E-state index contributed by atoms with van der Waals surface area (Å²) in [4.78, 5) is 13.5. The minimum Gasteiger partial charge on any atom is -0.476 e. The van der Waals surface area contributed by atoms with Crippen LogP contribution in [-0.4, -0.2) is 49.6 Å². The van der Waals surface area contributed by atoms with Crippen molar-refractivity contribution in [2.75, 3.05) is 6.54 Å². The molecule has 3 atom stereocenters. The lowest BCUT2D eigenvalue weighted by Gasteiger charge is -2.45. The topological polar surface area (TPSA) is 78.6 Å². The largest absolute Gasteiger partial charge is 0.476 e. The zero-order valence-electron chi connectivity index (χ0n) is 12.4. The second-order valence-corrected chi connectivity index (χ2v) is 6.36. The Balaban J connectivity index is 1.73. The van der Waals surface area contributed by atoms with Gasteiger partial charge in [0.1, 0.15) is 0 Å². The number of aromatic nitrogens is 2. The molecule has 0 bridgehead atoms.